The predicted octanol–water partition coefficient (Wildman–Crippen LogP) is 3.43. The molecular weight excluding hydrogens is 257 g/mol. The van der Waals surface area contributed by atoms with Crippen molar-refractivity contribution in [1.82, 2.24) is 4.90 Å². The zero-order chi connectivity index (χ0) is 12.4. The van der Waals surface area contributed by atoms with Crippen LogP contribution >= 0.6 is 23.2 Å². The number of benzene rings is 1. The van der Waals surface area contributed by atoms with Gasteiger partial charge in [-0.1, -0.05) is 11.6 Å². The second-order valence-corrected chi connectivity index (χ2v) is 5.68. The molecule has 0 heterocycles. The van der Waals surface area contributed by atoms with E-state index in [1.807, 2.05) is 7.05 Å². The average Bonchev–Trinajstić information content (AvgIpc) is 2.27. The molecule has 1 aromatic rings. The maximum absolute atomic E-state index is 12.1. The van der Waals surface area contributed by atoms with Crippen LogP contribution in [0.3, 0.4) is 0 Å². The lowest BCUT2D eigenvalue weighted by Gasteiger charge is -2.34. The summed E-state index contributed by atoms with van der Waals surface area (Å²) in [5, 5.41) is 0.951. The van der Waals surface area contributed by atoms with Gasteiger partial charge in [-0.3, -0.25) is 4.79 Å². The van der Waals surface area contributed by atoms with Crippen molar-refractivity contribution in [3.63, 3.8) is 0 Å². The molecule has 0 saturated heterocycles. The Morgan fingerprint density at radius 1 is 1.35 bits per heavy atom. The first-order valence-corrected chi connectivity index (χ1v) is 6.53. The van der Waals surface area contributed by atoms with E-state index >= 15 is 0 Å². The zero-order valence-electron chi connectivity index (χ0n) is 9.70. The van der Waals surface area contributed by atoms with E-state index in [1.54, 1.807) is 29.2 Å². The molecule has 0 aromatic heterocycles. The van der Waals surface area contributed by atoms with Crippen LogP contribution in [-0.2, 0) is 0 Å². The molecule has 92 valence electrons. The number of hydrogen-bond donors (Lipinski definition) is 0. The number of nitrogens with zero attached hydrogens (tertiary/aromatic N) is 1. The Hall–Kier alpha value is -0.730. The van der Waals surface area contributed by atoms with Crippen molar-refractivity contribution < 1.29 is 4.79 Å². The minimum Gasteiger partial charge on any atom is -0.341 e. The third kappa shape index (κ3) is 3.14. The molecule has 1 saturated carbocycles. The fourth-order valence-corrected chi connectivity index (χ4v) is 2.72. The number of halogens is 2. The third-order valence-corrected chi connectivity index (χ3v) is 3.76. The molecule has 0 N–H and O–H groups in total. The molecule has 4 heteroatoms. The van der Waals surface area contributed by atoms with Crippen molar-refractivity contribution >= 4 is 29.1 Å². The Morgan fingerprint density at radius 2 is 1.94 bits per heavy atom. The number of carbonyl (C=O) groups excluding carboxylic acids is 1. The second kappa shape index (κ2) is 5.28. The second-order valence-electron chi connectivity index (χ2n) is 4.63. The highest BCUT2D eigenvalue weighted by Crippen LogP contribution is 2.32. The third-order valence-electron chi connectivity index (χ3n) is 3.15. The summed E-state index contributed by atoms with van der Waals surface area (Å²) in [6.45, 7) is 0.782. The molecule has 0 radical (unpaired) electrons. The van der Waals surface area contributed by atoms with E-state index in [2.05, 4.69) is 0 Å². The van der Waals surface area contributed by atoms with Crippen molar-refractivity contribution in [3.8, 4) is 0 Å². The Bertz CT molecular complexity index is 398. The lowest BCUT2D eigenvalue weighted by atomic mass is 9.84. The number of rotatable bonds is 3. The molecule has 0 spiro atoms. The van der Waals surface area contributed by atoms with Crippen molar-refractivity contribution in [2.24, 2.45) is 5.92 Å². The van der Waals surface area contributed by atoms with Crippen LogP contribution in [0.15, 0.2) is 24.3 Å². The molecule has 2 rings (SSSR count). The molecule has 1 aliphatic rings. The largest absolute Gasteiger partial charge is 0.341 e. The molecule has 0 atom stereocenters. The summed E-state index contributed by atoms with van der Waals surface area (Å²) in [6.07, 6.45) is 2.03. The molecule has 0 bridgehead atoms. The summed E-state index contributed by atoms with van der Waals surface area (Å²) in [6, 6.07) is 6.99. The van der Waals surface area contributed by atoms with Crippen molar-refractivity contribution in [2.45, 2.75) is 18.2 Å². The van der Waals surface area contributed by atoms with Gasteiger partial charge in [0, 0.05) is 29.6 Å². The molecule has 0 aliphatic heterocycles. The zero-order valence-corrected chi connectivity index (χ0v) is 11.2. The Balaban J connectivity index is 1.92. The molecule has 0 unspecified atom stereocenters. The van der Waals surface area contributed by atoms with Gasteiger partial charge in [0.15, 0.2) is 0 Å². The van der Waals surface area contributed by atoms with Gasteiger partial charge in [-0.2, -0.15) is 0 Å². The maximum Gasteiger partial charge on any atom is 0.253 e. The summed E-state index contributed by atoms with van der Waals surface area (Å²) < 4.78 is 0. The first-order valence-electron chi connectivity index (χ1n) is 5.71. The number of hydrogen-bond acceptors (Lipinski definition) is 1. The predicted molar refractivity (Wildman–Crippen MR) is 70.8 cm³/mol. The minimum atomic E-state index is 0.0414. The van der Waals surface area contributed by atoms with Crippen LogP contribution < -0.4 is 0 Å². The molecule has 17 heavy (non-hydrogen) atoms. The quantitative estimate of drug-likeness (QED) is 0.772. The van der Waals surface area contributed by atoms with E-state index in [-0.39, 0.29) is 5.91 Å². The van der Waals surface area contributed by atoms with Crippen LogP contribution in [0, 0.1) is 5.92 Å². The first-order chi connectivity index (χ1) is 8.06. The average molecular weight is 272 g/mol. The number of alkyl halides is 1. The van der Waals surface area contributed by atoms with E-state index in [9.17, 15) is 4.79 Å². The minimum absolute atomic E-state index is 0.0414. The molecule has 1 fully saturated rings. The monoisotopic (exact) mass is 271 g/mol. The highest BCUT2D eigenvalue weighted by molar-refractivity contribution is 6.30. The van der Waals surface area contributed by atoms with E-state index in [1.165, 1.54) is 0 Å². The lowest BCUT2D eigenvalue weighted by Crippen LogP contribution is -2.37. The SMILES string of the molecule is CN(CC1CC(Cl)C1)C(=O)c1ccc(Cl)cc1. The normalized spacial score (nSPS) is 23.0. The number of carbonyl (C=O) groups is 1. The van der Waals surface area contributed by atoms with E-state index in [4.69, 9.17) is 23.2 Å². The van der Waals surface area contributed by atoms with Gasteiger partial charge in [-0.05, 0) is 43.0 Å². The van der Waals surface area contributed by atoms with Crippen LogP contribution in [-0.4, -0.2) is 29.8 Å². The van der Waals surface area contributed by atoms with Gasteiger partial charge in [0.1, 0.15) is 0 Å². The summed E-state index contributed by atoms with van der Waals surface area (Å²) in [5.41, 5.74) is 0.679. The summed E-state index contributed by atoms with van der Waals surface area (Å²) in [5.74, 6) is 0.596. The maximum atomic E-state index is 12.1. The van der Waals surface area contributed by atoms with Crippen LogP contribution in [0.4, 0.5) is 0 Å². The highest BCUT2D eigenvalue weighted by Gasteiger charge is 2.29. The van der Waals surface area contributed by atoms with E-state index < -0.39 is 0 Å². The topological polar surface area (TPSA) is 20.3 Å². The van der Waals surface area contributed by atoms with Crippen molar-refractivity contribution in [2.75, 3.05) is 13.6 Å². The van der Waals surface area contributed by atoms with E-state index in [0.717, 1.165) is 19.4 Å². The van der Waals surface area contributed by atoms with Crippen LogP contribution in [0.5, 0.6) is 0 Å². The van der Waals surface area contributed by atoms with Crippen molar-refractivity contribution in [1.29, 1.82) is 0 Å². The van der Waals surface area contributed by atoms with Gasteiger partial charge in [0.05, 0.1) is 0 Å². The lowest BCUT2D eigenvalue weighted by molar-refractivity contribution is 0.0747. The summed E-state index contributed by atoms with van der Waals surface area (Å²) in [4.78, 5) is 13.8. The van der Waals surface area contributed by atoms with Crippen LogP contribution in [0.1, 0.15) is 23.2 Å². The van der Waals surface area contributed by atoms with Crippen LogP contribution in [0.25, 0.3) is 0 Å². The van der Waals surface area contributed by atoms with Crippen LogP contribution in [0.2, 0.25) is 5.02 Å². The van der Waals surface area contributed by atoms with Gasteiger partial charge in [0.25, 0.3) is 5.91 Å². The fraction of sp³-hybridized carbons (Fsp3) is 0.462. The standard InChI is InChI=1S/C13H15Cl2NO/c1-16(8-9-6-12(15)7-9)13(17)10-2-4-11(14)5-3-10/h2-5,9,12H,6-8H2,1H3. The van der Waals surface area contributed by atoms with Gasteiger partial charge < -0.3 is 4.90 Å². The number of amides is 1. The Morgan fingerprint density at radius 3 is 2.47 bits per heavy atom. The van der Waals surface area contributed by atoms with E-state index in [0.29, 0.717) is 21.9 Å². The fourth-order valence-electron chi connectivity index (χ4n) is 2.09. The summed E-state index contributed by atoms with van der Waals surface area (Å²) in [7, 11) is 1.83. The van der Waals surface area contributed by atoms with Gasteiger partial charge in [-0.15, -0.1) is 11.6 Å². The molecule has 2 nitrogen and oxygen atoms in total. The smallest absolute Gasteiger partial charge is 0.253 e. The molecule has 1 aliphatic carbocycles. The summed E-state index contributed by atoms with van der Waals surface area (Å²) >= 11 is 11.7. The molecule has 1 amide bonds. The first kappa shape index (κ1) is 12.7. The highest BCUT2D eigenvalue weighted by atomic mass is 35.5. The molecule has 1 aromatic carbocycles. The van der Waals surface area contributed by atoms with Gasteiger partial charge in [-0.25, -0.2) is 0 Å². The van der Waals surface area contributed by atoms with Gasteiger partial charge in [0.2, 0.25) is 0 Å². The van der Waals surface area contributed by atoms with Crippen molar-refractivity contribution in [3.05, 3.63) is 34.9 Å². The Labute approximate surface area is 112 Å². The molecular formula is C13H15Cl2NO. The Kier molecular flexibility index (Phi) is 3.95. The van der Waals surface area contributed by atoms with Gasteiger partial charge >= 0.3 is 0 Å².